The van der Waals surface area contributed by atoms with E-state index in [2.05, 4.69) is 15.4 Å². The molecule has 0 spiro atoms. The van der Waals surface area contributed by atoms with Crippen LogP contribution in [0.5, 0.6) is 0 Å². The van der Waals surface area contributed by atoms with E-state index in [4.69, 9.17) is 0 Å². The minimum Gasteiger partial charge on any atom is -0.316 e. The predicted octanol–water partition coefficient (Wildman–Crippen LogP) is 1.34. The van der Waals surface area contributed by atoms with Crippen LogP contribution in [0.2, 0.25) is 0 Å². The number of halogens is 1. The van der Waals surface area contributed by atoms with Gasteiger partial charge < -0.3 is 5.32 Å². The van der Waals surface area contributed by atoms with E-state index in [9.17, 15) is 4.39 Å². The Labute approximate surface area is 93.1 Å². The molecule has 2 aromatic rings. The molecule has 0 unspecified atom stereocenters. The van der Waals surface area contributed by atoms with Crippen molar-refractivity contribution < 1.29 is 4.39 Å². The summed E-state index contributed by atoms with van der Waals surface area (Å²) in [6, 6.07) is 1.44. The summed E-state index contributed by atoms with van der Waals surface area (Å²) >= 11 is 0. The molecule has 0 aliphatic heterocycles. The van der Waals surface area contributed by atoms with Crippen molar-refractivity contribution >= 4 is 0 Å². The molecule has 2 heterocycles. The third-order valence-corrected chi connectivity index (χ3v) is 2.25. The molecule has 2 rings (SSSR count). The van der Waals surface area contributed by atoms with Crippen LogP contribution in [0.4, 0.5) is 4.39 Å². The van der Waals surface area contributed by atoms with Crippen molar-refractivity contribution in [2.75, 3.05) is 7.05 Å². The van der Waals surface area contributed by atoms with Gasteiger partial charge in [0.25, 0.3) is 0 Å². The number of aryl methyl sites for hydroxylation is 1. The number of pyridine rings is 1. The third kappa shape index (κ3) is 2.09. The lowest BCUT2D eigenvalue weighted by Gasteiger charge is -2.01. The van der Waals surface area contributed by atoms with Gasteiger partial charge in [0, 0.05) is 37.1 Å². The minimum atomic E-state index is -0.349. The van der Waals surface area contributed by atoms with Crippen molar-refractivity contribution in [3.05, 3.63) is 36.0 Å². The fraction of sp³-hybridized carbons (Fsp3) is 0.273. The van der Waals surface area contributed by atoms with E-state index in [0.29, 0.717) is 12.1 Å². The van der Waals surface area contributed by atoms with Crippen LogP contribution in [-0.2, 0) is 13.6 Å². The first-order chi connectivity index (χ1) is 7.70. The van der Waals surface area contributed by atoms with Crippen molar-refractivity contribution in [1.29, 1.82) is 0 Å². The Morgan fingerprint density at radius 1 is 1.44 bits per heavy atom. The average Bonchev–Trinajstić information content (AvgIpc) is 2.60. The normalized spacial score (nSPS) is 10.7. The van der Waals surface area contributed by atoms with Gasteiger partial charge in [0.05, 0.1) is 11.9 Å². The van der Waals surface area contributed by atoms with E-state index in [1.807, 2.05) is 20.3 Å². The Kier molecular flexibility index (Phi) is 2.96. The lowest BCUT2D eigenvalue weighted by molar-refractivity contribution is 0.621. The molecule has 0 atom stereocenters. The zero-order valence-corrected chi connectivity index (χ0v) is 9.24. The standard InChI is InChI=1S/C11H13FN4/c1-13-4-9-7-16(2)15-11(9)8-3-10(12)6-14-5-8/h3,5-7,13H,4H2,1-2H3. The average molecular weight is 220 g/mol. The van der Waals surface area contributed by atoms with Crippen molar-refractivity contribution in [1.82, 2.24) is 20.1 Å². The van der Waals surface area contributed by atoms with E-state index in [1.54, 1.807) is 10.9 Å². The molecule has 1 N–H and O–H groups in total. The summed E-state index contributed by atoms with van der Waals surface area (Å²) in [6.07, 6.45) is 4.71. The first-order valence-electron chi connectivity index (χ1n) is 4.98. The predicted molar refractivity (Wildman–Crippen MR) is 59.2 cm³/mol. The summed E-state index contributed by atoms with van der Waals surface area (Å²) in [6.45, 7) is 0.694. The van der Waals surface area contributed by atoms with Gasteiger partial charge in [-0.2, -0.15) is 5.10 Å². The van der Waals surface area contributed by atoms with Crippen LogP contribution in [0.15, 0.2) is 24.7 Å². The highest BCUT2D eigenvalue weighted by Gasteiger charge is 2.10. The summed E-state index contributed by atoms with van der Waals surface area (Å²) in [5.41, 5.74) is 2.49. The molecule has 84 valence electrons. The van der Waals surface area contributed by atoms with Gasteiger partial charge in [0.1, 0.15) is 5.82 Å². The molecule has 0 saturated heterocycles. The smallest absolute Gasteiger partial charge is 0.142 e. The monoisotopic (exact) mass is 220 g/mol. The van der Waals surface area contributed by atoms with E-state index in [-0.39, 0.29) is 5.82 Å². The Morgan fingerprint density at radius 2 is 2.25 bits per heavy atom. The molecule has 16 heavy (non-hydrogen) atoms. The molecule has 0 bridgehead atoms. The summed E-state index contributed by atoms with van der Waals surface area (Å²) in [7, 11) is 3.70. The van der Waals surface area contributed by atoms with Crippen molar-refractivity contribution in [3.8, 4) is 11.3 Å². The molecule has 0 radical (unpaired) electrons. The molecule has 0 aliphatic carbocycles. The van der Waals surface area contributed by atoms with Gasteiger partial charge in [-0.15, -0.1) is 0 Å². The highest BCUT2D eigenvalue weighted by Crippen LogP contribution is 2.21. The second kappa shape index (κ2) is 4.40. The molecule has 5 heteroatoms. The molecule has 0 aromatic carbocycles. The van der Waals surface area contributed by atoms with Crippen molar-refractivity contribution in [3.63, 3.8) is 0 Å². The van der Waals surface area contributed by atoms with Crippen LogP contribution in [0, 0.1) is 5.82 Å². The zero-order chi connectivity index (χ0) is 11.5. The molecular weight excluding hydrogens is 207 g/mol. The first-order valence-corrected chi connectivity index (χ1v) is 4.98. The summed E-state index contributed by atoms with van der Waals surface area (Å²) in [4.78, 5) is 3.83. The van der Waals surface area contributed by atoms with Crippen molar-refractivity contribution in [2.24, 2.45) is 7.05 Å². The summed E-state index contributed by atoms with van der Waals surface area (Å²) in [5, 5.41) is 7.37. The van der Waals surface area contributed by atoms with Gasteiger partial charge in [-0.05, 0) is 13.1 Å². The van der Waals surface area contributed by atoms with Crippen LogP contribution >= 0.6 is 0 Å². The maximum Gasteiger partial charge on any atom is 0.142 e. The van der Waals surface area contributed by atoms with E-state index < -0.39 is 0 Å². The van der Waals surface area contributed by atoms with Crippen LogP contribution in [0.25, 0.3) is 11.3 Å². The van der Waals surface area contributed by atoms with E-state index in [0.717, 1.165) is 11.3 Å². The number of nitrogens with one attached hydrogen (secondary N) is 1. The maximum absolute atomic E-state index is 13.1. The molecule has 0 saturated carbocycles. The molecule has 4 nitrogen and oxygen atoms in total. The minimum absolute atomic E-state index is 0.349. The Hall–Kier alpha value is -1.75. The Morgan fingerprint density at radius 3 is 2.94 bits per heavy atom. The molecule has 2 aromatic heterocycles. The van der Waals surface area contributed by atoms with Crippen LogP contribution in [-0.4, -0.2) is 21.8 Å². The largest absolute Gasteiger partial charge is 0.316 e. The van der Waals surface area contributed by atoms with Gasteiger partial charge in [-0.25, -0.2) is 4.39 Å². The lowest BCUT2D eigenvalue weighted by atomic mass is 10.1. The number of aromatic nitrogens is 3. The lowest BCUT2D eigenvalue weighted by Crippen LogP contribution is -2.05. The van der Waals surface area contributed by atoms with Crippen LogP contribution in [0.3, 0.4) is 0 Å². The summed E-state index contributed by atoms with van der Waals surface area (Å²) in [5.74, 6) is -0.349. The highest BCUT2D eigenvalue weighted by atomic mass is 19.1. The maximum atomic E-state index is 13.1. The quantitative estimate of drug-likeness (QED) is 0.848. The fourth-order valence-electron chi connectivity index (χ4n) is 1.64. The second-order valence-electron chi connectivity index (χ2n) is 3.60. The summed E-state index contributed by atoms with van der Waals surface area (Å²) < 4.78 is 14.8. The van der Waals surface area contributed by atoms with Gasteiger partial charge in [-0.1, -0.05) is 0 Å². The topological polar surface area (TPSA) is 42.7 Å². The third-order valence-electron chi connectivity index (χ3n) is 2.25. The van der Waals surface area contributed by atoms with Crippen LogP contribution < -0.4 is 5.32 Å². The highest BCUT2D eigenvalue weighted by molar-refractivity contribution is 5.61. The van der Waals surface area contributed by atoms with Gasteiger partial charge in [-0.3, -0.25) is 9.67 Å². The number of rotatable bonds is 3. The Balaban J connectivity index is 2.46. The number of hydrogen-bond donors (Lipinski definition) is 1. The molecule has 0 amide bonds. The Bertz CT molecular complexity index is 492. The fourth-order valence-corrected chi connectivity index (χ4v) is 1.64. The van der Waals surface area contributed by atoms with Crippen LogP contribution in [0.1, 0.15) is 5.56 Å². The molecule has 0 aliphatic rings. The van der Waals surface area contributed by atoms with Gasteiger partial charge in [0.15, 0.2) is 0 Å². The van der Waals surface area contributed by atoms with Gasteiger partial charge >= 0.3 is 0 Å². The molecular formula is C11H13FN4. The number of nitrogens with zero attached hydrogens (tertiary/aromatic N) is 3. The van der Waals surface area contributed by atoms with E-state index >= 15 is 0 Å². The van der Waals surface area contributed by atoms with E-state index in [1.165, 1.54) is 12.3 Å². The number of hydrogen-bond acceptors (Lipinski definition) is 3. The first kappa shape index (κ1) is 10.8. The molecule has 0 fully saturated rings. The van der Waals surface area contributed by atoms with Crippen molar-refractivity contribution in [2.45, 2.75) is 6.54 Å². The SMILES string of the molecule is CNCc1cn(C)nc1-c1cncc(F)c1. The second-order valence-corrected chi connectivity index (χ2v) is 3.60. The van der Waals surface area contributed by atoms with Gasteiger partial charge in [0.2, 0.25) is 0 Å². The zero-order valence-electron chi connectivity index (χ0n) is 9.24.